The summed E-state index contributed by atoms with van der Waals surface area (Å²) in [5.74, 6) is -3.78. The van der Waals surface area contributed by atoms with Crippen LogP contribution in [0.25, 0.3) is 11.1 Å². The molecule has 0 bridgehead atoms. The second-order valence-electron chi connectivity index (χ2n) is 9.66. The molecule has 2 aromatic rings. The molecule has 3 atom stereocenters. The Morgan fingerprint density at radius 1 is 1.15 bits per heavy atom. The van der Waals surface area contributed by atoms with Crippen LogP contribution in [0.2, 0.25) is 0 Å². The first kappa shape index (κ1) is 27.3. The molecule has 0 aliphatic carbocycles. The predicted octanol–water partition coefficient (Wildman–Crippen LogP) is 2.13. The normalized spacial score (nSPS) is 22.3. The van der Waals surface area contributed by atoms with Crippen LogP contribution in [0.4, 0.5) is 8.78 Å². The van der Waals surface area contributed by atoms with Crippen molar-refractivity contribution in [2.75, 3.05) is 26.3 Å². The Kier molecular flexibility index (Phi) is 7.72. The predicted molar refractivity (Wildman–Crippen MR) is 140 cm³/mol. The van der Waals surface area contributed by atoms with E-state index in [-0.39, 0.29) is 48.0 Å². The zero-order valence-corrected chi connectivity index (χ0v) is 21.9. The van der Waals surface area contributed by atoms with E-state index in [4.69, 9.17) is 15.2 Å². The van der Waals surface area contributed by atoms with E-state index < -0.39 is 35.3 Å². The van der Waals surface area contributed by atoms with E-state index in [1.165, 1.54) is 47.0 Å². The molecule has 2 aromatic carbocycles. The topological polar surface area (TPSA) is 123 Å². The summed E-state index contributed by atoms with van der Waals surface area (Å²) in [6.07, 6.45) is 0.175. The van der Waals surface area contributed by atoms with Crippen molar-refractivity contribution in [3.63, 3.8) is 0 Å². The van der Waals surface area contributed by atoms with Crippen molar-refractivity contribution < 1.29 is 32.6 Å². The Morgan fingerprint density at radius 3 is 2.49 bits per heavy atom. The van der Waals surface area contributed by atoms with Crippen molar-refractivity contribution in [3.8, 4) is 11.1 Å². The molecular weight excluding hydrogens is 530 g/mol. The fourth-order valence-electron chi connectivity index (χ4n) is 4.83. The minimum absolute atomic E-state index is 0.0610. The highest BCUT2D eigenvalue weighted by Crippen LogP contribution is 2.37. The molecule has 3 heterocycles. The number of benzene rings is 2. The first-order valence-electron chi connectivity index (χ1n) is 12.5. The molecule has 1 unspecified atom stereocenters. The number of hydrogen-bond donors (Lipinski definition) is 3. The van der Waals surface area contributed by atoms with Crippen molar-refractivity contribution in [1.82, 2.24) is 15.5 Å². The Balaban J connectivity index is 1.22. The molecule has 4 N–H and O–H groups in total. The van der Waals surface area contributed by atoms with Crippen molar-refractivity contribution in [2.45, 2.75) is 36.6 Å². The fraction of sp³-hybridized carbons (Fsp3) is 0.370. The average molecular weight is 559 g/mol. The molecule has 3 aliphatic heterocycles. The molecule has 9 nitrogen and oxygen atoms in total. The molecule has 3 amide bonds. The van der Waals surface area contributed by atoms with Crippen molar-refractivity contribution in [2.24, 2.45) is 5.73 Å². The maximum Gasteiger partial charge on any atom is 0.251 e. The molecule has 0 aromatic heterocycles. The standard InChI is InChI=1S/C27H28F2N4O5S/c1-15(30)20-13-39-26(20)32-25(36)22-11-27(37-8-9-38-27)14-33(22)23(34)12-31-24(35)17-4-2-16(3-5-17)19-7-6-18(28)10-21(19)29/h2-7,10,13,15,22,26H,8-9,11-12,14,30H2,1H3,(H,31,35)(H,32,36)/t15-,22+,26?/m1/s1. The summed E-state index contributed by atoms with van der Waals surface area (Å²) in [7, 11) is 0. The number of halogens is 2. The van der Waals surface area contributed by atoms with Gasteiger partial charge < -0.3 is 30.7 Å². The third kappa shape index (κ3) is 5.69. The molecule has 1 spiro atoms. The van der Waals surface area contributed by atoms with Crippen LogP contribution >= 0.6 is 11.8 Å². The van der Waals surface area contributed by atoms with Gasteiger partial charge in [0.2, 0.25) is 11.8 Å². The molecule has 12 heteroatoms. The van der Waals surface area contributed by atoms with Gasteiger partial charge in [-0.1, -0.05) is 12.1 Å². The van der Waals surface area contributed by atoms with Crippen LogP contribution in [0.15, 0.2) is 53.4 Å². The quantitative estimate of drug-likeness (QED) is 0.476. The van der Waals surface area contributed by atoms with Crippen molar-refractivity contribution in [1.29, 1.82) is 0 Å². The first-order valence-corrected chi connectivity index (χ1v) is 13.4. The SMILES string of the molecule is C[C@@H](N)C1=CSC1NC(=O)[C@@H]1CC2(CN1C(=O)CNC(=O)c1ccc(-c3ccc(F)cc3F)cc1)OCCO2. The van der Waals surface area contributed by atoms with Crippen LogP contribution in [-0.2, 0) is 19.1 Å². The average Bonchev–Trinajstić information content (AvgIpc) is 3.51. The Morgan fingerprint density at radius 2 is 1.87 bits per heavy atom. The summed E-state index contributed by atoms with van der Waals surface area (Å²) in [6.45, 7) is 2.27. The van der Waals surface area contributed by atoms with Crippen molar-refractivity contribution >= 4 is 29.5 Å². The maximum absolute atomic E-state index is 14.1. The number of hydrogen-bond acceptors (Lipinski definition) is 7. The van der Waals surface area contributed by atoms with Gasteiger partial charge in [-0.05, 0) is 47.7 Å². The second-order valence-corrected chi connectivity index (χ2v) is 10.6. The largest absolute Gasteiger partial charge is 0.346 e. The van der Waals surface area contributed by atoms with Crippen molar-refractivity contribution in [3.05, 3.63) is 70.6 Å². The molecule has 3 aliphatic rings. The molecule has 0 radical (unpaired) electrons. The number of ether oxygens (including phenoxy) is 2. The number of nitrogens with two attached hydrogens (primary N) is 1. The van der Waals surface area contributed by atoms with Gasteiger partial charge in [0.05, 0.1) is 26.3 Å². The number of thioether (sulfide) groups is 1. The molecule has 5 rings (SSSR count). The molecule has 2 saturated heterocycles. The van der Waals surface area contributed by atoms with Crippen LogP contribution in [0, 0.1) is 11.6 Å². The highest BCUT2D eigenvalue weighted by molar-refractivity contribution is 8.04. The van der Waals surface area contributed by atoms with Gasteiger partial charge in [0.25, 0.3) is 5.91 Å². The van der Waals surface area contributed by atoms with Crippen LogP contribution in [-0.4, -0.2) is 72.2 Å². The molecule has 0 saturated carbocycles. The fourth-order valence-corrected chi connectivity index (χ4v) is 5.87. The summed E-state index contributed by atoms with van der Waals surface area (Å²) in [5.41, 5.74) is 7.78. The zero-order chi connectivity index (χ0) is 27.7. The number of rotatable bonds is 7. The smallest absolute Gasteiger partial charge is 0.251 e. The van der Waals surface area contributed by atoms with Crippen LogP contribution < -0.4 is 16.4 Å². The minimum atomic E-state index is -1.06. The lowest BCUT2D eigenvalue weighted by Gasteiger charge is -2.32. The molecule has 2 fully saturated rings. The molecule has 206 valence electrons. The first-order chi connectivity index (χ1) is 18.7. The molecule has 39 heavy (non-hydrogen) atoms. The summed E-state index contributed by atoms with van der Waals surface area (Å²) in [6, 6.07) is 8.27. The zero-order valence-electron chi connectivity index (χ0n) is 21.1. The lowest BCUT2D eigenvalue weighted by molar-refractivity contribution is -0.152. The van der Waals surface area contributed by atoms with E-state index in [0.29, 0.717) is 18.8 Å². The molecular formula is C27H28F2N4O5S. The Bertz CT molecular complexity index is 1310. The lowest BCUT2D eigenvalue weighted by Crippen LogP contribution is -2.52. The van der Waals surface area contributed by atoms with Gasteiger partial charge in [-0.25, -0.2) is 8.78 Å². The van der Waals surface area contributed by atoms with Crippen LogP contribution in [0.3, 0.4) is 0 Å². The van der Waals surface area contributed by atoms with E-state index in [1.54, 1.807) is 0 Å². The van der Waals surface area contributed by atoms with E-state index in [0.717, 1.165) is 17.7 Å². The number of likely N-dealkylation sites (tertiary alicyclic amines) is 1. The third-order valence-electron chi connectivity index (χ3n) is 6.96. The summed E-state index contributed by atoms with van der Waals surface area (Å²) in [5, 5.41) is 7.15. The van der Waals surface area contributed by atoms with E-state index >= 15 is 0 Å². The highest BCUT2D eigenvalue weighted by atomic mass is 32.2. The monoisotopic (exact) mass is 558 g/mol. The second kappa shape index (κ2) is 11.0. The summed E-state index contributed by atoms with van der Waals surface area (Å²) in [4.78, 5) is 40.5. The van der Waals surface area contributed by atoms with Gasteiger partial charge in [0.1, 0.15) is 23.1 Å². The van der Waals surface area contributed by atoms with Crippen LogP contribution in [0.5, 0.6) is 0 Å². The summed E-state index contributed by atoms with van der Waals surface area (Å²) < 4.78 is 38.8. The van der Waals surface area contributed by atoms with E-state index in [9.17, 15) is 23.2 Å². The lowest BCUT2D eigenvalue weighted by atomic mass is 10.0. The Labute approximate surface area is 228 Å². The van der Waals surface area contributed by atoms with E-state index in [1.807, 2.05) is 12.3 Å². The van der Waals surface area contributed by atoms with Gasteiger partial charge in [-0.2, -0.15) is 0 Å². The number of carbonyl (C=O) groups is 3. The number of carbonyl (C=O) groups excluding carboxylic acids is 3. The number of amides is 3. The minimum Gasteiger partial charge on any atom is -0.346 e. The van der Waals surface area contributed by atoms with Crippen LogP contribution in [0.1, 0.15) is 23.7 Å². The number of nitrogens with zero attached hydrogens (tertiary/aromatic N) is 1. The Hall–Kier alpha value is -3.32. The maximum atomic E-state index is 14.1. The van der Waals surface area contributed by atoms with Gasteiger partial charge in [-0.3, -0.25) is 14.4 Å². The highest BCUT2D eigenvalue weighted by Gasteiger charge is 2.52. The summed E-state index contributed by atoms with van der Waals surface area (Å²) >= 11 is 1.44. The van der Waals surface area contributed by atoms with Gasteiger partial charge in [0.15, 0.2) is 5.79 Å². The van der Waals surface area contributed by atoms with Gasteiger partial charge in [0, 0.05) is 29.7 Å². The van der Waals surface area contributed by atoms with Gasteiger partial charge >= 0.3 is 0 Å². The van der Waals surface area contributed by atoms with Gasteiger partial charge in [-0.15, -0.1) is 11.8 Å². The third-order valence-corrected chi connectivity index (χ3v) is 8.03. The number of nitrogens with one attached hydrogen (secondary N) is 2. The van der Waals surface area contributed by atoms with E-state index in [2.05, 4.69) is 10.6 Å².